The molecular weight excluding hydrogens is 436 g/mol. The van der Waals surface area contributed by atoms with Gasteiger partial charge in [-0.1, -0.05) is 71.7 Å². The number of hydrogen-bond acceptors (Lipinski definition) is 4. The summed E-state index contributed by atoms with van der Waals surface area (Å²) in [7, 11) is 0. The maximum absolute atomic E-state index is 12.3. The monoisotopic (exact) mass is 456 g/mol. The van der Waals surface area contributed by atoms with E-state index in [2.05, 4.69) is 33.2 Å². The van der Waals surface area contributed by atoms with Crippen LogP contribution in [0.3, 0.4) is 0 Å². The molecule has 1 N–H and O–H groups in total. The molecule has 0 aliphatic carbocycles. The molecule has 2 aromatic carbocycles. The van der Waals surface area contributed by atoms with Gasteiger partial charge in [-0.05, 0) is 18.6 Å². The normalized spacial score (nSPS) is 10.6. The molecule has 0 aliphatic rings. The van der Waals surface area contributed by atoms with Crippen LogP contribution in [-0.2, 0) is 11.2 Å². The number of rotatable bonds is 8. The van der Waals surface area contributed by atoms with Crippen molar-refractivity contribution in [3.63, 3.8) is 0 Å². The molecule has 0 fully saturated rings. The van der Waals surface area contributed by atoms with E-state index in [-0.39, 0.29) is 24.5 Å². The molecule has 1 amide bonds. The van der Waals surface area contributed by atoms with E-state index in [0.717, 1.165) is 33.4 Å². The Morgan fingerprint density at radius 3 is 2.43 bits per heavy atom. The van der Waals surface area contributed by atoms with Gasteiger partial charge in [0.15, 0.2) is 10.9 Å². The average Bonchev–Trinajstić information content (AvgIpc) is 3.10. The minimum atomic E-state index is -0.193. The number of thiazole rings is 1. The highest BCUT2D eigenvalue weighted by molar-refractivity contribution is 9.10. The van der Waals surface area contributed by atoms with Crippen molar-refractivity contribution in [2.75, 3.05) is 5.32 Å². The first-order valence-corrected chi connectivity index (χ1v) is 10.8. The number of Topliss-reactive ketones (excluding diaryl/α,β-unsaturated/α-hetero) is 1. The van der Waals surface area contributed by atoms with Crippen LogP contribution in [-0.4, -0.2) is 16.7 Å². The Hall–Kier alpha value is -2.31. The second-order valence-corrected chi connectivity index (χ2v) is 8.38. The lowest BCUT2D eigenvalue weighted by molar-refractivity contribution is -0.116. The van der Waals surface area contributed by atoms with Crippen molar-refractivity contribution in [2.24, 2.45) is 0 Å². The van der Waals surface area contributed by atoms with Crippen LogP contribution in [0.5, 0.6) is 0 Å². The van der Waals surface area contributed by atoms with Gasteiger partial charge in [0.1, 0.15) is 0 Å². The van der Waals surface area contributed by atoms with Gasteiger partial charge < -0.3 is 5.32 Å². The molecule has 3 rings (SSSR count). The van der Waals surface area contributed by atoms with Crippen molar-refractivity contribution in [2.45, 2.75) is 32.6 Å². The van der Waals surface area contributed by atoms with E-state index >= 15 is 0 Å². The van der Waals surface area contributed by atoms with Crippen LogP contribution >= 0.6 is 27.3 Å². The van der Waals surface area contributed by atoms with Crippen LogP contribution in [0.2, 0.25) is 0 Å². The average molecular weight is 457 g/mol. The predicted octanol–water partition coefficient (Wildman–Crippen LogP) is 6.13. The molecule has 0 aliphatic heterocycles. The lowest BCUT2D eigenvalue weighted by atomic mass is 10.1. The van der Waals surface area contributed by atoms with Gasteiger partial charge in [-0.15, -0.1) is 11.3 Å². The Bertz CT molecular complexity index is 952. The zero-order valence-electron chi connectivity index (χ0n) is 15.6. The second kappa shape index (κ2) is 9.75. The van der Waals surface area contributed by atoms with Crippen LogP contribution in [0.15, 0.2) is 59.1 Å². The third kappa shape index (κ3) is 5.36. The first kappa shape index (κ1) is 20.4. The zero-order valence-corrected chi connectivity index (χ0v) is 18.0. The summed E-state index contributed by atoms with van der Waals surface area (Å²) in [6, 6.07) is 17.1. The van der Waals surface area contributed by atoms with Crippen LogP contribution in [0, 0.1) is 0 Å². The highest BCUT2D eigenvalue weighted by Crippen LogP contribution is 2.32. The molecule has 28 heavy (non-hydrogen) atoms. The number of anilines is 1. The highest BCUT2D eigenvalue weighted by atomic mass is 79.9. The van der Waals surface area contributed by atoms with Crippen molar-refractivity contribution >= 4 is 44.1 Å². The van der Waals surface area contributed by atoms with E-state index in [9.17, 15) is 9.59 Å². The Morgan fingerprint density at radius 2 is 1.75 bits per heavy atom. The number of nitrogens with one attached hydrogen (secondary N) is 1. The third-order valence-electron chi connectivity index (χ3n) is 4.21. The number of carbonyl (C=O) groups excluding carboxylic acids is 2. The van der Waals surface area contributed by atoms with Crippen molar-refractivity contribution in [1.29, 1.82) is 0 Å². The molecule has 0 atom stereocenters. The molecular formula is C22H21BrN2O2S. The topological polar surface area (TPSA) is 59.1 Å². The molecule has 0 saturated carbocycles. The summed E-state index contributed by atoms with van der Waals surface area (Å²) >= 11 is 4.85. The largest absolute Gasteiger partial charge is 0.302 e. The van der Waals surface area contributed by atoms with Crippen molar-refractivity contribution < 1.29 is 9.59 Å². The van der Waals surface area contributed by atoms with Crippen molar-refractivity contribution in [3.05, 3.63) is 69.5 Å². The summed E-state index contributed by atoms with van der Waals surface area (Å²) in [5, 5.41) is 3.44. The van der Waals surface area contributed by atoms with Gasteiger partial charge in [0.05, 0.1) is 5.69 Å². The Morgan fingerprint density at radius 1 is 1.04 bits per heavy atom. The van der Waals surface area contributed by atoms with E-state index in [4.69, 9.17) is 0 Å². The summed E-state index contributed by atoms with van der Waals surface area (Å²) in [5.74, 6) is -0.236. The minimum Gasteiger partial charge on any atom is -0.302 e. The fourth-order valence-corrected chi connectivity index (χ4v) is 4.18. The Labute approximate surface area is 177 Å². The number of aryl methyl sites for hydroxylation is 1. The van der Waals surface area contributed by atoms with E-state index in [1.165, 1.54) is 11.3 Å². The van der Waals surface area contributed by atoms with Gasteiger partial charge in [-0.2, -0.15) is 0 Å². The molecule has 0 spiro atoms. The molecule has 144 valence electrons. The van der Waals surface area contributed by atoms with Gasteiger partial charge in [0.2, 0.25) is 5.91 Å². The fraction of sp³-hybridized carbons (Fsp3) is 0.227. The molecule has 6 heteroatoms. The van der Waals surface area contributed by atoms with E-state index < -0.39 is 0 Å². The number of nitrogens with zero attached hydrogens (tertiary/aromatic N) is 1. The molecule has 0 unspecified atom stereocenters. The fourth-order valence-electron chi connectivity index (χ4n) is 2.81. The number of amides is 1. The molecule has 1 aromatic heterocycles. The lowest BCUT2D eigenvalue weighted by Crippen LogP contribution is -2.13. The quantitative estimate of drug-likeness (QED) is 0.414. The molecule has 4 nitrogen and oxygen atoms in total. The third-order valence-corrected chi connectivity index (χ3v) is 5.77. The van der Waals surface area contributed by atoms with Crippen LogP contribution < -0.4 is 5.32 Å². The molecule has 1 heterocycles. The summed E-state index contributed by atoms with van der Waals surface area (Å²) in [4.78, 5) is 30.3. The van der Waals surface area contributed by atoms with E-state index in [1.807, 2.05) is 42.5 Å². The summed E-state index contributed by atoms with van der Waals surface area (Å²) in [6.45, 7) is 2.13. The smallest absolute Gasteiger partial charge is 0.226 e. The van der Waals surface area contributed by atoms with Gasteiger partial charge in [-0.3, -0.25) is 9.59 Å². The molecule has 3 aromatic rings. The highest BCUT2D eigenvalue weighted by Gasteiger charge is 2.15. The molecule has 0 saturated heterocycles. The number of carbonyl (C=O) groups is 2. The van der Waals surface area contributed by atoms with E-state index in [0.29, 0.717) is 10.7 Å². The number of halogens is 1. The van der Waals surface area contributed by atoms with Gasteiger partial charge in [0, 0.05) is 33.3 Å². The van der Waals surface area contributed by atoms with Gasteiger partial charge in [0.25, 0.3) is 0 Å². The molecule has 0 radical (unpaired) electrons. The van der Waals surface area contributed by atoms with Crippen molar-refractivity contribution in [3.8, 4) is 11.3 Å². The standard InChI is InChI=1S/C22H21BrN2O2S/c1-2-6-19-21(16-7-4-3-5-8-16)25-22(28-19)24-20(27)14-13-18(26)15-9-11-17(23)12-10-15/h3-5,7-12H,2,6,13-14H2,1H3,(H,24,25,27). The minimum absolute atomic E-state index is 0.0431. The van der Waals surface area contributed by atoms with Crippen LogP contribution in [0.1, 0.15) is 41.4 Å². The summed E-state index contributed by atoms with van der Waals surface area (Å²) < 4.78 is 0.919. The number of hydrogen-bond donors (Lipinski definition) is 1. The van der Waals surface area contributed by atoms with Crippen LogP contribution in [0.25, 0.3) is 11.3 Å². The number of ketones is 1. The SMILES string of the molecule is CCCc1sc(NC(=O)CCC(=O)c2ccc(Br)cc2)nc1-c1ccccc1. The second-order valence-electron chi connectivity index (χ2n) is 6.39. The van der Waals surface area contributed by atoms with Gasteiger partial charge in [-0.25, -0.2) is 4.98 Å². The lowest BCUT2D eigenvalue weighted by Gasteiger charge is -2.02. The number of benzene rings is 2. The first-order valence-electron chi connectivity index (χ1n) is 9.20. The predicted molar refractivity (Wildman–Crippen MR) is 118 cm³/mol. The van der Waals surface area contributed by atoms with Crippen molar-refractivity contribution in [1.82, 2.24) is 4.98 Å². The zero-order chi connectivity index (χ0) is 19.9. The van der Waals surface area contributed by atoms with Crippen LogP contribution in [0.4, 0.5) is 5.13 Å². The summed E-state index contributed by atoms with van der Waals surface area (Å²) in [5.41, 5.74) is 2.59. The van der Waals surface area contributed by atoms with E-state index in [1.54, 1.807) is 12.1 Å². The van der Waals surface area contributed by atoms with Gasteiger partial charge >= 0.3 is 0 Å². The number of aromatic nitrogens is 1. The summed E-state index contributed by atoms with van der Waals surface area (Å²) in [6.07, 6.45) is 2.24. The Balaban J connectivity index is 1.63. The first-order chi connectivity index (χ1) is 13.6. The maximum Gasteiger partial charge on any atom is 0.226 e. The maximum atomic E-state index is 12.3. The molecule has 0 bridgehead atoms. The Kier molecular flexibility index (Phi) is 7.12.